The summed E-state index contributed by atoms with van der Waals surface area (Å²) in [5.74, 6) is 0.430. The van der Waals surface area contributed by atoms with Crippen LogP contribution in [0.15, 0.2) is 17.2 Å². The minimum atomic E-state index is -0.243. The van der Waals surface area contributed by atoms with Crippen molar-refractivity contribution in [2.75, 3.05) is 17.6 Å². The number of thioether (sulfide) groups is 1. The zero-order valence-corrected chi connectivity index (χ0v) is 19.7. The molecule has 2 N–H and O–H groups in total. The van der Waals surface area contributed by atoms with Gasteiger partial charge in [-0.3, -0.25) is 9.59 Å². The van der Waals surface area contributed by atoms with E-state index in [1.54, 1.807) is 11.3 Å². The van der Waals surface area contributed by atoms with Crippen molar-refractivity contribution in [3.05, 3.63) is 45.1 Å². The van der Waals surface area contributed by atoms with Crippen molar-refractivity contribution in [3.63, 3.8) is 0 Å². The topological polar surface area (TPSA) is 84.0 Å². The second kappa shape index (κ2) is 9.14. The number of aromatic nitrogens is 2. The predicted octanol–water partition coefficient (Wildman–Crippen LogP) is 4.39. The molecule has 0 bridgehead atoms. The fourth-order valence-electron chi connectivity index (χ4n) is 3.34. The molecule has 0 aliphatic carbocycles. The highest BCUT2D eigenvalue weighted by Gasteiger charge is 2.16. The Balaban J connectivity index is 1.58. The molecule has 3 aromatic rings. The number of thiophene rings is 1. The summed E-state index contributed by atoms with van der Waals surface area (Å²) >= 11 is 3.02. The molecule has 0 aliphatic heterocycles. The number of nitrogens with one attached hydrogen (secondary N) is 2. The van der Waals surface area contributed by atoms with E-state index in [0.717, 1.165) is 43.2 Å². The largest absolute Gasteiger partial charge is 0.346 e. The smallest absolute Gasteiger partial charge is 0.243 e. The molecule has 6 nitrogen and oxygen atoms in total. The Bertz CT molecular complexity index is 1110. The van der Waals surface area contributed by atoms with Gasteiger partial charge in [-0.15, -0.1) is 11.3 Å². The molecule has 8 heteroatoms. The number of nitrogens with zero attached hydrogens (tertiary/aromatic N) is 2. The molecule has 0 fully saturated rings. The SMILES string of the molecule is Cc1cc(C)c(NC(=O)CNC(=O)CSc2nc(C)nc3sc(C)c(C)c23)c(C)c1. The molecule has 2 aromatic heterocycles. The lowest BCUT2D eigenvalue weighted by Gasteiger charge is -2.13. The van der Waals surface area contributed by atoms with Gasteiger partial charge >= 0.3 is 0 Å². The third kappa shape index (κ3) is 4.99. The number of amides is 2. The molecule has 2 heterocycles. The zero-order valence-electron chi connectivity index (χ0n) is 18.1. The summed E-state index contributed by atoms with van der Waals surface area (Å²) in [6, 6.07) is 4.05. The van der Waals surface area contributed by atoms with Crippen molar-refractivity contribution in [3.8, 4) is 0 Å². The van der Waals surface area contributed by atoms with Gasteiger partial charge in [0.25, 0.3) is 0 Å². The molecule has 0 atom stereocenters. The van der Waals surface area contributed by atoms with E-state index in [-0.39, 0.29) is 24.1 Å². The summed E-state index contributed by atoms with van der Waals surface area (Å²) in [7, 11) is 0. The first-order valence-electron chi connectivity index (χ1n) is 9.67. The minimum Gasteiger partial charge on any atom is -0.346 e. The van der Waals surface area contributed by atoms with Gasteiger partial charge in [0.2, 0.25) is 11.8 Å². The van der Waals surface area contributed by atoms with Gasteiger partial charge in [0.05, 0.1) is 12.3 Å². The second-order valence-electron chi connectivity index (χ2n) is 7.43. The fraction of sp³-hybridized carbons (Fsp3) is 0.364. The molecule has 158 valence electrons. The van der Waals surface area contributed by atoms with Gasteiger partial charge in [-0.25, -0.2) is 9.97 Å². The number of anilines is 1. The molecule has 0 unspecified atom stereocenters. The summed E-state index contributed by atoms with van der Waals surface area (Å²) in [5, 5.41) is 7.42. The van der Waals surface area contributed by atoms with Crippen LogP contribution in [0.25, 0.3) is 10.2 Å². The van der Waals surface area contributed by atoms with Crippen LogP contribution in [0.4, 0.5) is 5.69 Å². The van der Waals surface area contributed by atoms with Crippen LogP contribution in [-0.2, 0) is 9.59 Å². The van der Waals surface area contributed by atoms with Crippen LogP contribution in [0.2, 0.25) is 0 Å². The molecule has 30 heavy (non-hydrogen) atoms. The number of carbonyl (C=O) groups is 2. The Kier molecular flexibility index (Phi) is 6.77. The molecular formula is C22H26N4O2S2. The second-order valence-corrected chi connectivity index (χ2v) is 9.59. The molecule has 0 saturated heterocycles. The Hall–Kier alpha value is -2.45. The van der Waals surface area contributed by atoms with Crippen molar-refractivity contribution in [1.29, 1.82) is 0 Å². The van der Waals surface area contributed by atoms with Crippen LogP contribution in [0.3, 0.4) is 0 Å². The van der Waals surface area contributed by atoms with E-state index in [4.69, 9.17) is 0 Å². The first-order chi connectivity index (χ1) is 14.2. The number of hydrogen-bond donors (Lipinski definition) is 2. The number of aryl methyl sites for hydroxylation is 6. The maximum Gasteiger partial charge on any atom is 0.243 e. The van der Waals surface area contributed by atoms with Gasteiger partial charge in [0.1, 0.15) is 15.7 Å². The van der Waals surface area contributed by atoms with E-state index in [1.807, 2.05) is 39.8 Å². The van der Waals surface area contributed by atoms with Crippen LogP contribution in [0.1, 0.15) is 33.0 Å². The van der Waals surface area contributed by atoms with Crippen LogP contribution in [0.5, 0.6) is 0 Å². The standard InChI is InChI=1S/C22H26N4O2S2/c1-11-7-12(2)20(13(3)8-11)26-17(27)9-23-18(28)10-29-21-19-14(4)15(5)30-22(19)25-16(6)24-21/h7-8H,9-10H2,1-6H3,(H,23,28)(H,26,27). The number of benzene rings is 1. The van der Waals surface area contributed by atoms with Gasteiger partial charge in [0.15, 0.2) is 0 Å². The van der Waals surface area contributed by atoms with Gasteiger partial charge in [-0.1, -0.05) is 29.5 Å². The van der Waals surface area contributed by atoms with E-state index in [9.17, 15) is 9.59 Å². The average Bonchev–Trinajstić information content (AvgIpc) is 2.94. The molecule has 1 aromatic carbocycles. The van der Waals surface area contributed by atoms with Crippen molar-refractivity contribution < 1.29 is 9.59 Å². The average molecular weight is 443 g/mol. The van der Waals surface area contributed by atoms with Gasteiger partial charge < -0.3 is 10.6 Å². The number of fused-ring (bicyclic) bond motifs is 1. The van der Waals surface area contributed by atoms with Gasteiger partial charge in [-0.2, -0.15) is 0 Å². The van der Waals surface area contributed by atoms with Crippen molar-refractivity contribution in [2.45, 2.75) is 46.6 Å². The monoisotopic (exact) mass is 442 g/mol. The lowest BCUT2D eigenvalue weighted by molar-refractivity contribution is -0.122. The molecule has 2 amide bonds. The Morgan fingerprint density at radius 3 is 2.33 bits per heavy atom. The van der Waals surface area contributed by atoms with Crippen molar-refractivity contribution in [1.82, 2.24) is 15.3 Å². The zero-order chi connectivity index (χ0) is 22.0. The van der Waals surface area contributed by atoms with E-state index >= 15 is 0 Å². The first kappa shape index (κ1) is 22.2. The van der Waals surface area contributed by atoms with E-state index in [1.165, 1.54) is 16.6 Å². The normalized spacial score (nSPS) is 11.0. The van der Waals surface area contributed by atoms with E-state index in [2.05, 4.69) is 34.4 Å². The molecule has 0 spiro atoms. The lowest BCUT2D eigenvalue weighted by atomic mass is 10.1. The molecule has 0 saturated carbocycles. The third-order valence-corrected chi connectivity index (χ3v) is 6.91. The van der Waals surface area contributed by atoms with E-state index in [0.29, 0.717) is 5.82 Å². The summed E-state index contributed by atoms with van der Waals surface area (Å²) in [6.07, 6.45) is 0. The van der Waals surface area contributed by atoms with Gasteiger partial charge in [0, 0.05) is 16.0 Å². The molecule has 0 aliphatic rings. The highest BCUT2D eigenvalue weighted by atomic mass is 32.2. The lowest BCUT2D eigenvalue weighted by Crippen LogP contribution is -2.34. The highest BCUT2D eigenvalue weighted by Crippen LogP contribution is 2.35. The first-order valence-corrected chi connectivity index (χ1v) is 11.5. The number of rotatable bonds is 6. The summed E-state index contributed by atoms with van der Waals surface area (Å²) in [5.41, 5.74) is 5.12. The van der Waals surface area contributed by atoms with Gasteiger partial charge in [-0.05, 0) is 58.2 Å². The van der Waals surface area contributed by atoms with Crippen LogP contribution in [0, 0.1) is 41.5 Å². The fourth-order valence-corrected chi connectivity index (χ4v) is 5.44. The Morgan fingerprint density at radius 2 is 1.67 bits per heavy atom. The van der Waals surface area contributed by atoms with E-state index < -0.39 is 0 Å². The number of hydrogen-bond acceptors (Lipinski definition) is 6. The molecule has 3 rings (SSSR count). The molecular weight excluding hydrogens is 416 g/mol. The van der Waals surface area contributed by atoms with Crippen LogP contribution >= 0.6 is 23.1 Å². The van der Waals surface area contributed by atoms with Crippen LogP contribution in [-0.4, -0.2) is 34.1 Å². The quantitative estimate of drug-likeness (QED) is 0.437. The third-order valence-electron chi connectivity index (χ3n) is 4.83. The maximum absolute atomic E-state index is 12.3. The minimum absolute atomic E-state index is 0.0685. The van der Waals surface area contributed by atoms with Crippen molar-refractivity contribution in [2.24, 2.45) is 0 Å². The summed E-state index contributed by atoms with van der Waals surface area (Å²) < 4.78 is 0. The maximum atomic E-state index is 12.3. The molecule has 0 radical (unpaired) electrons. The Labute approximate surface area is 184 Å². The number of carbonyl (C=O) groups excluding carboxylic acids is 2. The predicted molar refractivity (Wildman–Crippen MR) is 125 cm³/mol. The summed E-state index contributed by atoms with van der Waals surface area (Å²) in [4.78, 5) is 35.8. The highest BCUT2D eigenvalue weighted by molar-refractivity contribution is 8.00. The van der Waals surface area contributed by atoms with Crippen LogP contribution < -0.4 is 10.6 Å². The Morgan fingerprint density at radius 1 is 1.00 bits per heavy atom. The summed E-state index contributed by atoms with van der Waals surface area (Å²) in [6.45, 7) is 11.8. The van der Waals surface area contributed by atoms with Crippen molar-refractivity contribution >= 4 is 50.8 Å².